The Morgan fingerprint density at radius 3 is 2.16 bits per heavy atom. The van der Waals surface area contributed by atoms with E-state index in [1.54, 1.807) is 24.3 Å². The smallest absolute Gasteiger partial charge is 0.322 e. The van der Waals surface area contributed by atoms with Crippen molar-refractivity contribution in [1.82, 2.24) is 0 Å². The molecule has 0 saturated heterocycles. The normalized spacial score (nSPS) is 10.2. The van der Waals surface area contributed by atoms with Crippen molar-refractivity contribution in [2.75, 3.05) is 14.2 Å². The summed E-state index contributed by atoms with van der Waals surface area (Å²) >= 11 is 0. The van der Waals surface area contributed by atoms with Gasteiger partial charge in [-0.3, -0.25) is 14.9 Å². The van der Waals surface area contributed by atoms with E-state index >= 15 is 0 Å². The van der Waals surface area contributed by atoms with Crippen molar-refractivity contribution in [2.45, 2.75) is 0 Å². The number of methoxy groups -OCH3 is 2. The Labute approximate surface area is 108 Å². The van der Waals surface area contributed by atoms with Gasteiger partial charge in [0, 0.05) is 5.39 Å². The number of carbonyl (C=O) groups is 1. The standard InChI is InChI=1S/C13H11NO5/c1-18-12-10(7-15)8-5-3-4-6-9(8)11(14(16)17)13(12)19-2/h3-7H,1-2H3. The number of ether oxygens (including phenoxy) is 2. The SMILES string of the molecule is COc1c(OC)c([N+](=O)[O-])c2ccccc2c1C=O. The van der Waals surface area contributed by atoms with Crippen LogP contribution in [0.1, 0.15) is 10.4 Å². The molecule has 0 radical (unpaired) electrons. The second kappa shape index (κ2) is 4.93. The molecule has 0 saturated carbocycles. The van der Waals surface area contributed by atoms with E-state index < -0.39 is 4.92 Å². The lowest BCUT2D eigenvalue weighted by atomic mass is 10.0. The quantitative estimate of drug-likeness (QED) is 0.480. The summed E-state index contributed by atoms with van der Waals surface area (Å²) in [6.07, 6.45) is 0.605. The van der Waals surface area contributed by atoms with E-state index in [1.165, 1.54) is 14.2 Å². The fourth-order valence-corrected chi connectivity index (χ4v) is 2.09. The van der Waals surface area contributed by atoms with E-state index in [4.69, 9.17) is 9.47 Å². The average Bonchev–Trinajstić information content (AvgIpc) is 2.43. The molecule has 0 spiro atoms. The first-order chi connectivity index (χ1) is 9.15. The highest BCUT2D eigenvalue weighted by Gasteiger charge is 2.28. The van der Waals surface area contributed by atoms with Crippen molar-refractivity contribution >= 4 is 22.7 Å². The predicted molar refractivity (Wildman–Crippen MR) is 69.1 cm³/mol. The minimum Gasteiger partial charge on any atom is -0.492 e. The van der Waals surface area contributed by atoms with Gasteiger partial charge in [-0.1, -0.05) is 18.2 Å². The van der Waals surface area contributed by atoms with Gasteiger partial charge in [0.25, 0.3) is 0 Å². The van der Waals surface area contributed by atoms with Crippen molar-refractivity contribution in [3.05, 3.63) is 39.9 Å². The molecule has 0 unspecified atom stereocenters. The monoisotopic (exact) mass is 261 g/mol. The van der Waals surface area contributed by atoms with Crippen LogP contribution in [0.15, 0.2) is 24.3 Å². The fraction of sp³-hybridized carbons (Fsp3) is 0.154. The van der Waals surface area contributed by atoms with Crippen LogP contribution in [0.25, 0.3) is 10.8 Å². The summed E-state index contributed by atoms with van der Waals surface area (Å²) in [5.41, 5.74) is 0.0288. The van der Waals surface area contributed by atoms with E-state index in [0.717, 1.165) is 0 Å². The maximum Gasteiger partial charge on any atom is 0.322 e. The molecular weight excluding hydrogens is 250 g/mol. The van der Waals surface area contributed by atoms with E-state index in [-0.39, 0.29) is 22.7 Å². The molecule has 0 aromatic heterocycles. The van der Waals surface area contributed by atoms with E-state index in [9.17, 15) is 14.9 Å². The minimum atomic E-state index is -0.543. The summed E-state index contributed by atoms with van der Waals surface area (Å²) in [7, 11) is 2.64. The Morgan fingerprint density at radius 1 is 1.11 bits per heavy atom. The second-order valence-electron chi connectivity index (χ2n) is 3.75. The molecule has 6 heteroatoms. The van der Waals surface area contributed by atoms with Crippen molar-refractivity contribution in [3.8, 4) is 11.5 Å². The van der Waals surface area contributed by atoms with Gasteiger partial charge < -0.3 is 9.47 Å². The van der Waals surface area contributed by atoms with Gasteiger partial charge in [0.1, 0.15) is 0 Å². The van der Waals surface area contributed by atoms with Crippen molar-refractivity contribution in [1.29, 1.82) is 0 Å². The minimum absolute atomic E-state index is 0.0479. The van der Waals surface area contributed by atoms with E-state index in [2.05, 4.69) is 0 Å². The predicted octanol–water partition coefficient (Wildman–Crippen LogP) is 2.58. The number of nitro groups is 1. The van der Waals surface area contributed by atoms with Crippen molar-refractivity contribution < 1.29 is 19.2 Å². The van der Waals surface area contributed by atoms with Gasteiger partial charge in [0.2, 0.25) is 5.75 Å². The lowest BCUT2D eigenvalue weighted by molar-refractivity contribution is -0.384. The van der Waals surface area contributed by atoms with Gasteiger partial charge in [-0.2, -0.15) is 0 Å². The molecule has 0 aliphatic rings. The third-order valence-corrected chi connectivity index (χ3v) is 2.85. The van der Waals surface area contributed by atoms with Gasteiger partial charge in [-0.05, 0) is 6.07 Å². The van der Waals surface area contributed by atoms with Gasteiger partial charge in [0.05, 0.1) is 30.1 Å². The molecule has 0 N–H and O–H groups in total. The van der Waals surface area contributed by atoms with Crippen LogP contribution >= 0.6 is 0 Å². The van der Waals surface area contributed by atoms with Gasteiger partial charge in [0.15, 0.2) is 12.0 Å². The van der Waals surface area contributed by atoms with Crippen LogP contribution in [0, 0.1) is 10.1 Å². The highest BCUT2D eigenvalue weighted by atomic mass is 16.6. The fourth-order valence-electron chi connectivity index (χ4n) is 2.09. The Morgan fingerprint density at radius 2 is 1.68 bits per heavy atom. The van der Waals surface area contributed by atoms with E-state index in [0.29, 0.717) is 17.1 Å². The molecule has 0 heterocycles. The third-order valence-electron chi connectivity index (χ3n) is 2.85. The molecule has 2 rings (SSSR count). The van der Waals surface area contributed by atoms with Crippen LogP contribution in [-0.4, -0.2) is 25.4 Å². The number of fused-ring (bicyclic) bond motifs is 1. The van der Waals surface area contributed by atoms with Crippen LogP contribution < -0.4 is 9.47 Å². The van der Waals surface area contributed by atoms with Crippen LogP contribution in [-0.2, 0) is 0 Å². The maximum atomic E-state index is 11.2. The van der Waals surface area contributed by atoms with Crippen LogP contribution in [0.3, 0.4) is 0 Å². The molecule has 0 amide bonds. The summed E-state index contributed by atoms with van der Waals surface area (Å²) in [5, 5.41) is 12.0. The number of benzene rings is 2. The van der Waals surface area contributed by atoms with E-state index in [1.807, 2.05) is 0 Å². The zero-order valence-electron chi connectivity index (χ0n) is 10.4. The summed E-state index contributed by atoms with van der Waals surface area (Å²) in [6, 6.07) is 6.57. The number of nitrogens with zero attached hydrogens (tertiary/aromatic N) is 1. The zero-order chi connectivity index (χ0) is 14.0. The van der Waals surface area contributed by atoms with Gasteiger partial charge >= 0.3 is 5.69 Å². The number of carbonyl (C=O) groups excluding carboxylic acids is 1. The second-order valence-corrected chi connectivity index (χ2v) is 3.75. The lowest BCUT2D eigenvalue weighted by Gasteiger charge is -2.13. The topological polar surface area (TPSA) is 78.7 Å². The summed E-state index contributed by atoms with van der Waals surface area (Å²) in [4.78, 5) is 21.9. The Hall–Kier alpha value is -2.63. The molecule has 0 atom stereocenters. The number of aldehydes is 1. The van der Waals surface area contributed by atoms with Gasteiger partial charge in [-0.25, -0.2) is 0 Å². The average molecular weight is 261 g/mol. The third kappa shape index (κ3) is 1.87. The maximum absolute atomic E-state index is 11.2. The zero-order valence-corrected chi connectivity index (χ0v) is 10.4. The molecular formula is C13H11NO5. The summed E-state index contributed by atoms with van der Waals surface area (Å²) < 4.78 is 10.2. The molecule has 2 aromatic rings. The molecule has 2 aromatic carbocycles. The van der Waals surface area contributed by atoms with Crippen LogP contribution in [0.4, 0.5) is 5.69 Å². The highest BCUT2D eigenvalue weighted by molar-refractivity contribution is 6.07. The van der Waals surface area contributed by atoms with Gasteiger partial charge in [-0.15, -0.1) is 0 Å². The highest BCUT2D eigenvalue weighted by Crippen LogP contribution is 2.45. The molecule has 19 heavy (non-hydrogen) atoms. The van der Waals surface area contributed by atoms with Crippen LogP contribution in [0.5, 0.6) is 11.5 Å². The lowest BCUT2D eigenvalue weighted by Crippen LogP contribution is -2.02. The molecule has 0 fully saturated rings. The number of nitro benzene ring substituents is 1. The molecule has 0 aliphatic heterocycles. The van der Waals surface area contributed by atoms with Crippen LogP contribution in [0.2, 0.25) is 0 Å². The first kappa shape index (κ1) is 12.8. The number of hydrogen-bond donors (Lipinski definition) is 0. The first-order valence-electron chi connectivity index (χ1n) is 5.42. The number of hydrogen-bond acceptors (Lipinski definition) is 5. The molecule has 0 bridgehead atoms. The molecule has 0 aliphatic carbocycles. The Bertz CT molecular complexity index is 666. The van der Waals surface area contributed by atoms with Crippen molar-refractivity contribution in [3.63, 3.8) is 0 Å². The first-order valence-corrected chi connectivity index (χ1v) is 5.42. The Kier molecular flexibility index (Phi) is 3.33. The largest absolute Gasteiger partial charge is 0.492 e. The molecule has 6 nitrogen and oxygen atoms in total. The molecule has 98 valence electrons. The summed E-state index contributed by atoms with van der Waals surface area (Å²) in [5.74, 6) is 0.0243. The van der Waals surface area contributed by atoms with Crippen molar-refractivity contribution in [2.24, 2.45) is 0 Å². The summed E-state index contributed by atoms with van der Waals surface area (Å²) in [6.45, 7) is 0. The number of rotatable bonds is 4. The Balaban J connectivity index is 3.06.